The van der Waals surface area contributed by atoms with Crippen LogP contribution < -0.4 is 4.87 Å². The predicted molar refractivity (Wildman–Crippen MR) is 64.1 cm³/mol. The molecule has 0 amide bonds. The first-order valence-electron chi connectivity index (χ1n) is 5.00. The summed E-state index contributed by atoms with van der Waals surface area (Å²) in [7, 11) is 0. The van der Waals surface area contributed by atoms with E-state index in [9.17, 15) is 9.59 Å². The van der Waals surface area contributed by atoms with Crippen molar-refractivity contribution < 1.29 is 9.90 Å². The Balaban J connectivity index is 2.36. The molecule has 0 aliphatic carbocycles. The number of hydrogen-bond acceptors (Lipinski definition) is 4. The summed E-state index contributed by atoms with van der Waals surface area (Å²) in [6, 6.07) is 5.40. The number of carboxylic acid groups (broad SMARTS) is 1. The van der Waals surface area contributed by atoms with Crippen LogP contribution in [0.5, 0.6) is 0 Å². The molecule has 1 N–H and O–H groups in total. The van der Waals surface area contributed by atoms with E-state index >= 15 is 0 Å². The number of hydrogen-bond donors (Lipinski definition) is 1. The van der Waals surface area contributed by atoms with Gasteiger partial charge < -0.3 is 5.11 Å². The molecule has 0 unspecified atom stereocenters. The van der Waals surface area contributed by atoms with Crippen LogP contribution in [0.2, 0.25) is 0 Å². The Kier molecular flexibility index (Phi) is 3.34. The van der Waals surface area contributed by atoms with Crippen molar-refractivity contribution in [3.05, 3.63) is 39.4 Å². The first-order valence-corrected chi connectivity index (χ1v) is 5.88. The van der Waals surface area contributed by atoms with Crippen molar-refractivity contribution in [3.8, 4) is 11.4 Å². The molecule has 2 aromatic rings. The lowest BCUT2D eigenvalue weighted by atomic mass is 10.3. The van der Waals surface area contributed by atoms with Crippen molar-refractivity contribution in [1.29, 1.82) is 0 Å². The zero-order chi connectivity index (χ0) is 12.3. The molecule has 0 fully saturated rings. The Hall–Kier alpha value is -1.95. The smallest absolute Gasteiger partial charge is 0.307 e. The number of aromatic nitrogens is 2. The molecule has 17 heavy (non-hydrogen) atoms. The van der Waals surface area contributed by atoms with E-state index in [1.54, 1.807) is 23.7 Å². The molecule has 0 aliphatic heterocycles. The highest BCUT2D eigenvalue weighted by molar-refractivity contribution is 7.07. The quantitative estimate of drug-likeness (QED) is 0.891. The first kappa shape index (κ1) is 11.5. The van der Waals surface area contributed by atoms with E-state index in [-0.39, 0.29) is 17.8 Å². The van der Waals surface area contributed by atoms with Gasteiger partial charge in [0.2, 0.25) is 0 Å². The number of carbonyl (C=O) groups is 1. The number of aliphatic carboxylic acids is 1. The molecule has 0 aliphatic rings. The number of pyridine rings is 1. The lowest BCUT2D eigenvalue weighted by Gasteiger charge is -2.04. The van der Waals surface area contributed by atoms with Gasteiger partial charge in [-0.05, 0) is 12.1 Å². The van der Waals surface area contributed by atoms with Crippen LogP contribution in [0.25, 0.3) is 11.4 Å². The van der Waals surface area contributed by atoms with E-state index in [4.69, 9.17) is 5.11 Å². The largest absolute Gasteiger partial charge is 0.481 e. The zero-order valence-corrected chi connectivity index (χ0v) is 9.68. The van der Waals surface area contributed by atoms with Gasteiger partial charge in [0.1, 0.15) is 0 Å². The lowest BCUT2D eigenvalue weighted by Crippen LogP contribution is -2.16. The molecule has 0 saturated heterocycles. The molecule has 0 radical (unpaired) electrons. The molecule has 2 rings (SSSR count). The summed E-state index contributed by atoms with van der Waals surface area (Å²) in [5.41, 5.74) is 1.35. The third-order valence-electron chi connectivity index (χ3n) is 2.26. The van der Waals surface area contributed by atoms with Crippen LogP contribution in [0, 0.1) is 0 Å². The highest BCUT2D eigenvalue weighted by Gasteiger charge is 2.10. The standard InChI is InChI=1S/C11H10N2O3S/c14-10(15)4-6-13-9(7-17-11(13)16)8-3-1-2-5-12-8/h1-3,5,7H,4,6H2,(H,14,15). The molecular weight excluding hydrogens is 240 g/mol. The highest BCUT2D eigenvalue weighted by atomic mass is 32.1. The Labute approximate surface area is 101 Å². The van der Waals surface area contributed by atoms with Crippen LogP contribution >= 0.6 is 11.3 Å². The van der Waals surface area contributed by atoms with Crippen LogP contribution in [0.3, 0.4) is 0 Å². The van der Waals surface area contributed by atoms with E-state index in [1.165, 1.54) is 4.57 Å². The van der Waals surface area contributed by atoms with Crippen molar-refractivity contribution in [2.24, 2.45) is 0 Å². The number of carboxylic acids is 1. The Bertz CT molecular complexity index is 574. The highest BCUT2D eigenvalue weighted by Crippen LogP contribution is 2.17. The third-order valence-corrected chi connectivity index (χ3v) is 3.02. The predicted octanol–water partition coefficient (Wildman–Crippen LogP) is 1.45. The second kappa shape index (κ2) is 4.92. The Morgan fingerprint density at radius 1 is 1.47 bits per heavy atom. The van der Waals surface area contributed by atoms with Gasteiger partial charge >= 0.3 is 10.8 Å². The van der Waals surface area contributed by atoms with E-state index < -0.39 is 5.97 Å². The van der Waals surface area contributed by atoms with Gasteiger partial charge in [-0.3, -0.25) is 19.1 Å². The zero-order valence-electron chi connectivity index (χ0n) is 8.87. The van der Waals surface area contributed by atoms with Crippen molar-refractivity contribution in [1.82, 2.24) is 9.55 Å². The normalized spacial score (nSPS) is 10.4. The average molecular weight is 250 g/mol. The van der Waals surface area contributed by atoms with Gasteiger partial charge in [-0.1, -0.05) is 17.4 Å². The lowest BCUT2D eigenvalue weighted by molar-refractivity contribution is -0.137. The molecule has 2 aromatic heterocycles. The third kappa shape index (κ3) is 2.59. The fourth-order valence-electron chi connectivity index (χ4n) is 1.46. The second-order valence-corrected chi connectivity index (χ2v) is 4.22. The van der Waals surface area contributed by atoms with E-state index in [0.717, 1.165) is 11.3 Å². The molecule has 0 aromatic carbocycles. The fourth-order valence-corrected chi connectivity index (χ4v) is 2.24. The molecule has 88 valence electrons. The SMILES string of the molecule is O=C(O)CCn1c(-c2ccccn2)csc1=O. The molecule has 6 heteroatoms. The van der Waals surface area contributed by atoms with Gasteiger partial charge in [0.05, 0.1) is 17.8 Å². The summed E-state index contributed by atoms with van der Waals surface area (Å²) in [4.78, 5) is 26.1. The Morgan fingerprint density at radius 3 is 2.94 bits per heavy atom. The van der Waals surface area contributed by atoms with Crippen LogP contribution in [-0.2, 0) is 11.3 Å². The first-order chi connectivity index (χ1) is 8.18. The summed E-state index contributed by atoms with van der Waals surface area (Å²) in [6.07, 6.45) is 1.56. The molecule has 2 heterocycles. The number of thiazole rings is 1. The minimum absolute atomic E-state index is 0.0729. The van der Waals surface area contributed by atoms with Gasteiger partial charge in [-0.15, -0.1) is 0 Å². The number of rotatable bonds is 4. The van der Waals surface area contributed by atoms with E-state index in [0.29, 0.717) is 11.4 Å². The number of nitrogens with zero attached hydrogens (tertiary/aromatic N) is 2. The summed E-state index contributed by atoms with van der Waals surface area (Å²) in [6.45, 7) is 0.170. The maximum Gasteiger partial charge on any atom is 0.307 e. The summed E-state index contributed by atoms with van der Waals surface area (Å²) in [5, 5.41) is 10.3. The summed E-state index contributed by atoms with van der Waals surface area (Å²) < 4.78 is 1.45. The molecule has 0 saturated carbocycles. The second-order valence-electron chi connectivity index (χ2n) is 3.40. The molecule has 0 atom stereocenters. The van der Waals surface area contributed by atoms with Gasteiger partial charge in [0, 0.05) is 18.1 Å². The van der Waals surface area contributed by atoms with Crippen molar-refractivity contribution in [2.45, 2.75) is 13.0 Å². The maximum absolute atomic E-state index is 11.6. The Morgan fingerprint density at radius 2 is 2.29 bits per heavy atom. The maximum atomic E-state index is 11.6. The van der Waals surface area contributed by atoms with Gasteiger partial charge in [0.15, 0.2) is 0 Å². The monoisotopic (exact) mass is 250 g/mol. The van der Waals surface area contributed by atoms with Crippen LogP contribution in [0.1, 0.15) is 6.42 Å². The van der Waals surface area contributed by atoms with E-state index in [2.05, 4.69) is 4.98 Å². The average Bonchev–Trinajstić information content (AvgIpc) is 2.69. The molecular formula is C11H10N2O3S. The van der Waals surface area contributed by atoms with Gasteiger partial charge in [-0.2, -0.15) is 0 Å². The minimum atomic E-state index is -0.921. The van der Waals surface area contributed by atoms with Gasteiger partial charge in [0.25, 0.3) is 0 Å². The van der Waals surface area contributed by atoms with Crippen molar-refractivity contribution in [3.63, 3.8) is 0 Å². The van der Waals surface area contributed by atoms with Crippen LogP contribution in [-0.4, -0.2) is 20.6 Å². The van der Waals surface area contributed by atoms with Crippen LogP contribution in [0.4, 0.5) is 0 Å². The minimum Gasteiger partial charge on any atom is -0.481 e. The van der Waals surface area contributed by atoms with Crippen molar-refractivity contribution >= 4 is 17.3 Å². The van der Waals surface area contributed by atoms with E-state index in [1.807, 2.05) is 6.07 Å². The summed E-state index contributed by atoms with van der Waals surface area (Å²) >= 11 is 1.05. The van der Waals surface area contributed by atoms with Gasteiger partial charge in [-0.25, -0.2) is 0 Å². The molecule has 0 bridgehead atoms. The van der Waals surface area contributed by atoms with Crippen LogP contribution in [0.15, 0.2) is 34.6 Å². The topological polar surface area (TPSA) is 72.2 Å². The molecule has 5 nitrogen and oxygen atoms in total. The van der Waals surface area contributed by atoms with Crippen molar-refractivity contribution in [2.75, 3.05) is 0 Å². The molecule has 0 spiro atoms. The summed E-state index contributed by atoms with van der Waals surface area (Å²) in [5.74, 6) is -0.921. The fraction of sp³-hybridized carbons (Fsp3) is 0.182.